The minimum atomic E-state index is -0.322. The summed E-state index contributed by atoms with van der Waals surface area (Å²) in [5.41, 5.74) is 1.83. The topological polar surface area (TPSA) is 71.8 Å². The Morgan fingerprint density at radius 1 is 1.08 bits per heavy atom. The van der Waals surface area contributed by atoms with E-state index >= 15 is 0 Å². The van der Waals surface area contributed by atoms with Crippen LogP contribution in [0.2, 0.25) is 0 Å². The van der Waals surface area contributed by atoms with Gasteiger partial charge in [0.05, 0.1) is 12.0 Å². The lowest BCUT2D eigenvalue weighted by Crippen LogP contribution is -2.46. The normalized spacial score (nSPS) is 21.9. The molecule has 0 saturated carbocycles. The lowest BCUT2D eigenvalue weighted by molar-refractivity contribution is -0.121. The smallest absolute Gasteiger partial charge is 0.232 e. The summed E-state index contributed by atoms with van der Waals surface area (Å²) in [7, 11) is 0. The Morgan fingerprint density at radius 3 is 2.48 bits per heavy atom. The second kappa shape index (κ2) is 6.39. The van der Waals surface area contributed by atoms with E-state index in [0.717, 1.165) is 11.3 Å². The average Bonchev–Trinajstić information content (AvgIpc) is 3.10. The van der Waals surface area contributed by atoms with Crippen molar-refractivity contribution in [1.82, 2.24) is 14.8 Å². The van der Waals surface area contributed by atoms with E-state index in [9.17, 15) is 4.79 Å². The largest absolute Gasteiger partial charge is 0.351 e. The standard InChI is InChI=1S/C19H19N5O/c1-13-16(18(25)23-15-10-6-3-7-11-15)17(14-8-4-2-5-9-14)24-19(22-13)20-12-21-24/h2-13,16-17H,1H3,(H,23,25)(H,20,21,22)/t13-,16-,17-/m0/s1. The van der Waals surface area contributed by atoms with Gasteiger partial charge in [0.1, 0.15) is 6.33 Å². The molecule has 1 aromatic heterocycles. The van der Waals surface area contributed by atoms with E-state index in [1.165, 1.54) is 6.33 Å². The molecule has 3 aromatic rings. The minimum absolute atomic E-state index is 0.0406. The van der Waals surface area contributed by atoms with Gasteiger partial charge >= 0.3 is 0 Å². The number of fused-ring (bicyclic) bond motifs is 1. The summed E-state index contributed by atoms with van der Waals surface area (Å²) in [6.45, 7) is 2.00. The van der Waals surface area contributed by atoms with Crippen LogP contribution in [-0.2, 0) is 4.79 Å². The number of nitrogens with one attached hydrogen (secondary N) is 2. The molecular weight excluding hydrogens is 314 g/mol. The molecule has 3 atom stereocenters. The molecule has 1 aliphatic heterocycles. The molecule has 0 unspecified atom stereocenters. The molecule has 0 radical (unpaired) electrons. The van der Waals surface area contributed by atoms with Crippen molar-refractivity contribution in [2.24, 2.45) is 5.92 Å². The molecule has 0 bridgehead atoms. The van der Waals surface area contributed by atoms with Gasteiger partial charge in [-0.05, 0) is 24.6 Å². The number of benzene rings is 2. The highest BCUT2D eigenvalue weighted by Crippen LogP contribution is 2.36. The molecule has 0 fully saturated rings. The molecule has 4 rings (SSSR count). The SMILES string of the molecule is C[C@@H]1Nc2ncnn2[C@@H](c2ccccc2)[C@H]1C(=O)Nc1ccccc1. The van der Waals surface area contributed by atoms with Gasteiger partial charge in [0.25, 0.3) is 0 Å². The fraction of sp³-hybridized carbons (Fsp3) is 0.211. The zero-order valence-electron chi connectivity index (χ0n) is 13.8. The summed E-state index contributed by atoms with van der Waals surface area (Å²) in [5, 5.41) is 10.7. The molecule has 6 heteroatoms. The van der Waals surface area contributed by atoms with Gasteiger partial charge in [-0.15, -0.1) is 0 Å². The molecule has 0 aliphatic carbocycles. The summed E-state index contributed by atoms with van der Waals surface area (Å²) in [4.78, 5) is 17.4. The molecule has 0 spiro atoms. The van der Waals surface area contributed by atoms with Crippen molar-refractivity contribution in [3.8, 4) is 0 Å². The van der Waals surface area contributed by atoms with Gasteiger partial charge < -0.3 is 10.6 Å². The quantitative estimate of drug-likeness (QED) is 0.773. The Labute approximate surface area is 145 Å². The molecule has 25 heavy (non-hydrogen) atoms. The number of anilines is 2. The number of nitrogens with zero attached hydrogens (tertiary/aromatic N) is 3. The maximum absolute atomic E-state index is 13.1. The lowest BCUT2D eigenvalue weighted by Gasteiger charge is -2.36. The Hall–Kier alpha value is -3.15. The van der Waals surface area contributed by atoms with Crippen LogP contribution >= 0.6 is 0 Å². The van der Waals surface area contributed by atoms with Crippen LogP contribution in [0, 0.1) is 5.92 Å². The van der Waals surface area contributed by atoms with Crippen LogP contribution in [-0.4, -0.2) is 26.7 Å². The molecule has 126 valence electrons. The maximum atomic E-state index is 13.1. The van der Waals surface area contributed by atoms with E-state index < -0.39 is 0 Å². The van der Waals surface area contributed by atoms with E-state index in [1.807, 2.05) is 67.6 Å². The van der Waals surface area contributed by atoms with E-state index in [2.05, 4.69) is 20.7 Å². The van der Waals surface area contributed by atoms with Crippen molar-refractivity contribution < 1.29 is 4.79 Å². The summed E-state index contributed by atoms with van der Waals surface area (Å²) in [6, 6.07) is 19.2. The van der Waals surface area contributed by atoms with Gasteiger partial charge in [0.2, 0.25) is 11.9 Å². The van der Waals surface area contributed by atoms with Gasteiger partial charge in [-0.25, -0.2) is 4.68 Å². The molecule has 2 aromatic carbocycles. The van der Waals surface area contributed by atoms with E-state index in [0.29, 0.717) is 5.95 Å². The third kappa shape index (κ3) is 2.87. The maximum Gasteiger partial charge on any atom is 0.232 e. The second-order valence-corrected chi connectivity index (χ2v) is 6.20. The zero-order valence-corrected chi connectivity index (χ0v) is 13.8. The van der Waals surface area contributed by atoms with Crippen LogP contribution in [0.5, 0.6) is 0 Å². The van der Waals surface area contributed by atoms with E-state index in [-0.39, 0.29) is 23.9 Å². The average molecular weight is 333 g/mol. The van der Waals surface area contributed by atoms with Crippen LogP contribution in [0.3, 0.4) is 0 Å². The van der Waals surface area contributed by atoms with Crippen LogP contribution in [0.25, 0.3) is 0 Å². The Kier molecular flexibility index (Phi) is 3.93. The highest BCUT2D eigenvalue weighted by atomic mass is 16.2. The fourth-order valence-electron chi connectivity index (χ4n) is 3.39. The Balaban J connectivity index is 1.72. The minimum Gasteiger partial charge on any atom is -0.351 e. The molecule has 0 saturated heterocycles. The first-order chi connectivity index (χ1) is 12.2. The molecule has 2 heterocycles. The van der Waals surface area contributed by atoms with Crippen molar-refractivity contribution in [2.75, 3.05) is 10.6 Å². The van der Waals surface area contributed by atoms with Gasteiger partial charge in [-0.2, -0.15) is 10.1 Å². The van der Waals surface area contributed by atoms with Gasteiger partial charge in [0.15, 0.2) is 0 Å². The van der Waals surface area contributed by atoms with Crippen LogP contribution in [0.4, 0.5) is 11.6 Å². The predicted octanol–water partition coefficient (Wildman–Crippen LogP) is 2.94. The summed E-state index contributed by atoms with van der Waals surface area (Å²) < 4.78 is 1.80. The fourth-order valence-corrected chi connectivity index (χ4v) is 3.39. The third-order valence-electron chi connectivity index (χ3n) is 4.56. The molecule has 1 aliphatic rings. The van der Waals surface area contributed by atoms with Crippen molar-refractivity contribution in [3.05, 3.63) is 72.6 Å². The number of hydrogen-bond donors (Lipinski definition) is 2. The van der Waals surface area contributed by atoms with Crippen LogP contribution < -0.4 is 10.6 Å². The molecular formula is C19H19N5O. The first-order valence-corrected chi connectivity index (χ1v) is 8.31. The molecule has 6 nitrogen and oxygen atoms in total. The van der Waals surface area contributed by atoms with E-state index in [1.54, 1.807) is 4.68 Å². The van der Waals surface area contributed by atoms with Gasteiger partial charge in [-0.3, -0.25) is 4.79 Å². The van der Waals surface area contributed by atoms with Crippen molar-refractivity contribution in [3.63, 3.8) is 0 Å². The Bertz CT molecular complexity index is 862. The lowest BCUT2D eigenvalue weighted by atomic mass is 9.85. The highest BCUT2D eigenvalue weighted by Gasteiger charge is 2.41. The number of rotatable bonds is 3. The van der Waals surface area contributed by atoms with Gasteiger partial charge in [0, 0.05) is 11.7 Å². The van der Waals surface area contributed by atoms with Crippen molar-refractivity contribution >= 4 is 17.5 Å². The number of hydrogen-bond acceptors (Lipinski definition) is 4. The second-order valence-electron chi connectivity index (χ2n) is 6.20. The number of aromatic nitrogens is 3. The first-order valence-electron chi connectivity index (χ1n) is 8.31. The van der Waals surface area contributed by atoms with Crippen LogP contribution in [0.1, 0.15) is 18.5 Å². The zero-order chi connectivity index (χ0) is 17.2. The number of amides is 1. The van der Waals surface area contributed by atoms with Crippen molar-refractivity contribution in [1.29, 1.82) is 0 Å². The van der Waals surface area contributed by atoms with Gasteiger partial charge in [-0.1, -0.05) is 48.5 Å². The molecule has 1 amide bonds. The monoisotopic (exact) mass is 333 g/mol. The molecule has 2 N–H and O–H groups in total. The van der Waals surface area contributed by atoms with Crippen molar-refractivity contribution in [2.45, 2.75) is 19.0 Å². The summed E-state index contributed by atoms with van der Waals surface area (Å²) in [6.07, 6.45) is 1.52. The number of para-hydroxylation sites is 1. The highest BCUT2D eigenvalue weighted by molar-refractivity contribution is 5.94. The number of carbonyl (C=O) groups is 1. The van der Waals surface area contributed by atoms with E-state index in [4.69, 9.17) is 0 Å². The predicted molar refractivity (Wildman–Crippen MR) is 96.2 cm³/mol. The Morgan fingerprint density at radius 2 is 1.76 bits per heavy atom. The number of carbonyl (C=O) groups excluding carboxylic acids is 1. The van der Waals surface area contributed by atoms with Crippen LogP contribution in [0.15, 0.2) is 67.0 Å². The third-order valence-corrected chi connectivity index (χ3v) is 4.56. The summed E-state index contributed by atoms with van der Waals surface area (Å²) in [5.74, 6) is 0.322. The first kappa shape index (κ1) is 15.4. The summed E-state index contributed by atoms with van der Waals surface area (Å²) >= 11 is 0.